The number of rotatable bonds is 3. The lowest BCUT2D eigenvalue weighted by molar-refractivity contribution is -0.138. The molecule has 1 aromatic heterocycles. The van der Waals surface area contributed by atoms with E-state index in [4.69, 9.17) is 4.42 Å². The molecule has 5 rings (SSSR count). The molecule has 2 fully saturated rings. The number of nitrogens with zero attached hydrogens (tertiary/aromatic N) is 3. The van der Waals surface area contributed by atoms with Crippen LogP contribution in [0.5, 0.6) is 0 Å². The number of fused-ring (bicyclic) bond motifs is 1. The van der Waals surface area contributed by atoms with Crippen LogP contribution >= 0.6 is 0 Å². The van der Waals surface area contributed by atoms with Crippen molar-refractivity contribution in [1.29, 1.82) is 0 Å². The summed E-state index contributed by atoms with van der Waals surface area (Å²) < 4.78 is 45.0. The molecule has 0 spiro atoms. The third kappa shape index (κ3) is 4.19. The fourth-order valence-electron chi connectivity index (χ4n) is 4.64. The van der Waals surface area contributed by atoms with Crippen molar-refractivity contribution in [2.24, 2.45) is 5.92 Å². The van der Waals surface area contributed by atoms with Gasteiger partial charge in [0.25, 0.3) is 0 Å². The van der Waals surface area contributed by atoms with E-state index in [2.05, 4.69) is 4.98 Å². The van der Waals surface area contributed by atoms with Gasteiger partial charge in [0, 0.05) is 37.7 Å². The summed E-state index contributed by atoms with van der Waals surface area (Å²) in [6, 6.07) is 12.2. The van der Waals surface area contributed by atoms with Crippen molar-refractivity contribution in [2.75, 3.05) is 24.5 Å². The first kappa shape index (κ1) is 21.5. The number of anilines is 1. The maximum absolute atomic E-state index is 13.1. The van der Waals surface area contributed by atoms with Crippen LogP contribution in [0.1, 0.15) is 36.6 Å². The summed E-state index contributed by atoms with van der Waals surface area (Å²) in [5.74, 6) is -0.237. The number of carbonyl (C=O) groups is 2. The maximum Gasteiger partial charge on any atom is 0.416 e. The second-order valence-electron chi connectivity index (χ2n) is 8.57. The lowest BCUT2D eigenvalue weighted by Crippen LogP contribution is -2.42. The summed E-state index contributed by atoms with van der Waals surface area (Å²) in [6.07, 6.45) is -3.08. The van der Waals surface area contributed by atoms with E-state index < -0.39 is 17.7 Å². The van der Waals surface area contributed by atoms with Gasteiger partial charge in [0.15, 0.2) is 11.5 Å². The molecular weight excluding hydrogens is 435 g/mol. The molecule has 0 N–H and O–H groups in total. The molecule has 9 heteroatoms. The number of amides is 2. The van der Waals surface area contributed by atoms with Gasteiger partial charge in [0.2, 0.25) is 11.8 Å². The van der Waals surface area contributed by atoms with Gasteiger partial charge in [0.05, 0.1) is 11.5 Å². The number of hydrogen-bond acceptors (Lipinski definition) is 4. The summed E-state index contributed by atoms with van der Waals surface area (Å²) in [4.78, 5) is 33.2. The number of carbonyl (C=O) groups excluding carboxylic acids is 2. The molecule has 1 unspecified atom stereocenters. The molecule has 0 radical (unpaired) electrons. The standard InChI is InChI=1S/C24H22F3N3O3/c25-24(26,27)17-4-3-5-18(13-17)30-14-16(12-21(30)31)23(32)29-10-8-15(9-11-29)22-28-19-6-1-2-7-20(19)33-22/h1-7,13,15-16H,8-12,14H2. The lowest BCUT2D eigenvalue weighted by Gasteiger charge is -2.32. The number of alkyl halides is 3. The van der Waals surface area contributed by atoms with E-state index in [9.17, 15) is 22.8 Å². The zero-order chi connectivity index (χ0) is 23.2. The van der Waals surface area contributed by atoms with Gasteiger partial charge in [-0.3, -0.25) is 9.59 Å². The number of para-hydroxylation sites is 2. The van der Waals surface area contributed by atoms with Gasteiger partial charge >= 0.3 is 6.18 Å². The quantitative estimate of drug-likeness (QED) is 0.576. The molecule has 6 nitrogen and oxygen atoms in total. The number of aromatic nitrogens is 1. The van der Waals surface area contributed by atoms with E-state index in [1.807, 2.05) is 24.3 Å². The third-order valence-electron chi connectivity index (χ3n) is 6.43. The number of halogens is 3. The van der Waals surface area contributed by atoms with Gasteiger partial charge in [-0.1, -0.05) is 18.2 Å². The van der Waals surface area contributed by atoms with Crippen LogP contribution in [0.3, 0.4) is 0 Å². The van der Waals surface area contributed by atoms with Crippen molar-refractivity contribution in [1.82, 2.24) is 9.88 Å². The predicted molar refractivity (Wildman–Crippen MR) is 114 cm³/mol. The highest BCUT2D eigenvalue weighted by Crippen LogP contribution is 2.35. The van der Waals surface area contributed by atoms with E-state index in [1.165, 1.54) is 17.0 Å². The van der Waals surface area contributed by atoms with E-state index in [1.54, 1.807) is 4.90 Å². The molecule has 0 aliphatic carbocycles. The molecule has 3 aromatic rings. The van der Waals surface area contributed by atoms with E-state index in [0.717, 1.165) is 23.2 Å². The zero-order valence-corrected chi connectivity index (χ0v) is 17.7. The Morgan fingerprint density at radius 2 is 1.82 bits per heavy atom. The number of piperidine rings is 1. The molecular formula is C24H22F3N3O3. The molecule has 172 valence electrons. The number of oxazole rings is 1. The van der Waals surface area contributed by atoms with Gasteiger partial charge in [-0.15, -0.1) is 0 Å². The van der Waals surface area contributed by atoms with Crippen LogP contribution in [0.4, 0.5) is 18.9 Å². The SMILES string of the molecule is O=C(C1CC(=O)N(c2cccc(C(F)(F)F)c2)C1)N1CCC(c2nc3ccccc3o2)CC1. The topological polar surface area (TPSA) is 66.7 Å². The van der Waals surface area contributed by atoms with E-state index in [-0.39, 0.29) is 36.4 Å². The maximum atomic E-state index is 13.1. The Labute approximate surface area is 188 Å². The lowest BCUT2D eigenvalue weighted by atomic mass is 9.95. The van der Waals surface area contributed by atoms with Gasteiger partial charge in [-0.2, -0.15) is 13.2 Å². The number of likely N-dealkylation sites (tertiary alicyclic amines) is 1. The summed E-state index contributed by atoms with van der Waals surface area (Å²) in [5.41, 5.74) is 0.902. The zero-order valence-electron chi connectivity index (χ0n) is 17.7. The Morgan fingerprint density at radius 1 is 1.06 bits per heavy atom. The monoisotopic (exact) mass is 457 g/mol. The van der Waals surface area contributed by atoms with Crippen LogP contribution < -0.4 is 4.90 Å². The molecule has 33 heavy (non-hydrogen) atoms. The summed E-state index contributed by atoms with van der Waals surface area (Å²) >= 11 is 0. The first-order valence-corrected chi connectivity index (χ1v) is 10.9. The molecule has 1 atom stereocenters. The van der Waals surface area contributed by atoms with Gasteiger partial charge in [-0.25, -0.2) is 4.98 Å². The fourth-order valence-corrected chi connectivity index (χ4v) is 4.64. The minimum atomic E-state index is -4.49. The Kier molecular flexibility index (Phi) is 5.34. The summed E-state index contributed by atoms with van der Waals surface area (Å²) in [5, 5.41) is 0. The van der Waals surface area contributed by atoms with Gasteiger partial charge in [-0.05, 0) is 43.2 Å². The molecule has 2 saturated heterocycles. The average molecular weight is 457 g/mol. The molecule has 3 heterocycles. The molecule has 2 amide bonds. The summed E-state index contributed by atoms with van der Waals surface area (Å²) in [6.45, 7) is 1.14. The first-order valence-electron chi connectivity index (χ1n) is 10.9. The van der Waals surface area contributed by atoms with Crippen LogP contribution in [-0.4, -0.2) is 41.3 Å². The minimum Gasteiger partial charge on any atom is -0.440 e. The largest absolute Gasteiger partial charge is 0.440 e. The second-order valence-corrected chi connectivity index (χ2v) is 8.57. The van der Waals surface area contributed by atoms with Crippen molar-refractivity contribution >= 4 is 28.6 Å². The molecule has 2 aromatic carbocycles. The average Bonchev–Trinajstić information content (AvgIpc) is 3.42. The highest BCUT2D eigenvalue weighted by Gasteiger charge is 2.39. The fraction of sp³-hybridized carbons (Fsp3) is 0.375. The van der Waals surface area contributed by atoms with Crippen LogP contribution in [0, 0.1) is 5.92 Å². The molecule has 2 aliphatic heterocycles. The van der Waals surface area contributed by atoms with Crippen LogP contribution in [-0.2, 0) is 15.8 Å². The number of hydrogen-bond donors (Lipinski definition) is 0. The Morgan fingerprint density at radius 3 is 2.55 bits per heavy atom. The van der Waals surface area contributed by atoms with Crippen molar-refractivity contribution in [3.63, 3.8) is 0 Å². The second kappa shape index (κ2) is 8.20. The van der Waals surface area contributed by atoms with Crippen molar-refractivity contribution in [3.05, 3.63) is 60.0 Å². The van der Waals surface area contributed by atoms with Crippen LogP contribution in [0.25, 0.3) is 11.1 Å². The highest BCUT2D eigenvalue weighted by atomic mass is 19.4. The van der Waals surface area contributed by atoms with E-state index >= 15 is 0 Å². The molecule has 0 bridgehead atoms. The Bertz CT molecular complexity index is 1170. The summed E-state index contributed by atoms with van der Waals surface area (Å²) in [7, 11) is 0. The van der Waals surface area contributed by atoms with E-state index in [0.29, 0.717) is 31.8 Å². The number of benzene rings is 2. The molecule has 0 saturated carbocycles. The van der Waals surface area contributed by atoms with Crippen LogP contribution in [0.2, 0.25) is 0 Å². The highest BCUT2D eigenvalue weighted by molar-refractivity contribution is 6.00. The van der Waals surface area contributed by atoms with Gasteiger partial charge < -0.3 is 14.2 Å². The predicted octanol–water partition coefficient (Wildman–Crippen LogP) is 4.61. The molecule has 2 aliphatic rings. The van der Waals surface area contributed by atoms with Gasteiger partial charge in [0.1, 0.15) is 5.52 Å². The smallest absolute Gasteiger partial charge is 0.416 e. The Balaban J connectivity index is 1.22. The van der Waals surface area contributed by atoms with Crippen molar-refractivity contribution in [3.8, 4) is 0 Å². The normalized spacial score (nSPS) is 20.1. The minimum absolute atomic E-state index is 0.000135. The van der Waals surface area contributed by atoms with Crippen molar-refractivity contribution < 1.29 is 27.2 Å². The van der Waals surface area contributed by atoms with Crippen molar-refractivity contribution in [2.45, 2.75) is 31.4 Å². The third-order valence-corrected chi connectivity index (χ3v) is 6.43. The first-order chi connectivity index (χ1) is 15.8. The van der Waals surface area contributed by atoms with Crippen LogP contribution in [0.15, 0.2) is 52.9 Å². The Hall–Kier alpha value is -3.36.